The molecule has 1 N–H and O–H groups in total. The molecular weight excluding hydrogens is 426 g/mol. The van der Waals surface area contributed by atoms with E-state index in [1.165, 1.54) is 15.9 Å². The Morgan fingerprint density at radius 3 is 2.38 bits per heavy atom. The summed E-state index contributed by atoms with van der Waals surface area (Å²) in [7, 11) is 0.256. The predicted molar refractivity (Wildman–Crippen MR) is 125 cm³/mol. The van der Waals surface area contributed by atoms with Crippen LogP contribution in [0.5, 0.6) is 0 Å². The van der Waals surface area contributed by atoms with Crippen molar-refractivity contribution in [3.8, 4) is 0 Å². The lowest BCUT2D eigenvalue weighted by molar-refractivity contribution is 0.0730. The first-order chi connectivity index (χ1) is 15.2. The van der Waals surface area contributed by atoms with Crippen LogP contribution in [0, 0.1) is 6.92 Å². The van der Waals surface area contributed by atoms with E-state index in [0.717, 1.165) is 5.56 Å². The molecule has 1 fully saturated rings. The molecule has 1 heterocycles. The van der Waals surface area contributed by atoms with Crippen LogP contribution < -0.4 is 5.32 Å². The summed E-state index contributed by atoms with van der Waals surface area (Å²) in [5.41, 5.74) is 3.34. The van der Waals surface area contributed by atoms with Gasteiger partial charge in [0.15, 0.2) is 0 Å². The first kappa shape index (κ1) is 24.4. The molecule has 0 radical (unpaired) electrons. The quantitative estimate of drug-likeness (QED) is 0.657. The van der Waals surface area contributed by atoms with E-state index >= 15 is 0 Å². The smallest absolute Gasteiger partial charge is 0.251 e. The number of benzene rings is 2. The molecular formula is C24H33N3O4S. The third-order valence-corrected chi connectivity index (χ3v) is 7.82. The Labute approximate surface area is 191 Å². The van der Waals surface area contributed by atoms with Gasteiger partial charge in [-0.1, -0.05) is 42.8 Å². The number of amides is 1. The van der Waals surface area contributed by atoms with Gasteiger partial charge in [0.1, 0.15) is 0 Å². The average molecular weight is 460 g/mol. The monoisotopic (exact) mass is 459 g/mol. The molecule has 1 amide bonds. The normalized spacial score (nSPS) is 16.2. The molecule has 3 rings (SSSR count). The first-order valence-electron chi connectivity index (χ1n) is 11.0. The standard InChI is InChI=1S/C24H33N3O4S/c1-5-19-10-11-21(16-23(19)32(29,30)27-12-14-31-15-13-27)24(28)25-17-22(26(3)4)20-8-6-18(2)7-9-20/h6-11,16,22H,5,12-15,17H2,1-4H3,(H,25,28). The highest BCUT2D eigenvalue weighted by Gasteiger charge is 2.29. The highest BCUT2D eigenvalue weighted by Crippen LogP contribution is 2.24. The van der Waals surface area contributed by atoms with Crippen molar-refractivity contribution < 1.29 is 17.9 Å². The van der Waals surface area contributed by atoms with Gasteiger partial charge in [0.25, 0.3) is 5.91 Å². The fraction of sp³-hybridized carbons (Fsp3) is 0.458. The summed E-state index contributed by atoms with van der Waals surface area (Å²) in [6.07, 6.45) is 0.566. The second-order valence-electron chi connectivity index (χ2n) is 8.29. The minimum Gasteiger partial charge on any atom is -0.379 e. The number of nitrogens with zero attached hydrogens (tertiary/aromatic N) is 2. The molecule has 1 aliphatic rings. The Balaban J connectivity index is 1.80. The molecule has 8 heteroatoms. The Morgan fingerprint density at radius 2 is 1.78 bits per heavy atom. The van der Waals surface area contributed by atoms with E-state index in [9.17, 15) is 13.2 Å². The molecule has 0 bridgehead atoms. The van der Waals surface area contributed by atoms with E-state index in [1.807, 2.05) is 27.9 Å². The molecule has 1 atom stereocenters. The lowest BCUT2D eigenvalue weighted by atomic mass is 10.0. The van der Waals surface area contributed by atoms with Crippen molar-refractivity contribution >= 4 is 15.9 Å². The van der Waals surface area contributed by atoms with Crippen LogP contribution in [0.2, 0.25) is 0 Å². The predicted octanol–water partition coefficient (Wildman–Crippen LogP) is 2.61. The van der Waals surface area contributed by atoms with Gasteiger partial charge in [-0.15, -0.1) is 0 Å². The number of nitrogens with one attached hydrogen (secondary N) is 1. The van der Waals surface area contributed by atoms with Crippen molar-refractivity contribution in [3.63, 3.8) is 0 Å². The number of hydrogen-bond donors (Lipinski definition) is 1. The van der Waals surface area contributed by atoms with Crippen LogP contribution in [0.3, 0.4) is 0 Å². The molecule has 7 nitrogen and oxygen atoms in total. The maximum absolute atomic E-state index is 13.2. The number of aryl methyl sites for hydroxylation is 2. The fourth-order valence-electron chi connectivity index (χ4n) is 3.83. The van der Waals surface area contributed by atoms with Gasteiger partial charge < -0.3 is 15.0 Å². The fourth-order valence-corrected chi connectivity index (χ4v) is 5.56. The SMILES string of the molecule is CCc1ccc(C(=O)NCC(c2ccc(C)cc2)N(C)C)cc1S(=O)(=O)N1CCOCC1. The second-order valence-corrected chi connectivity index (χ2v) is 10.2. The Morgan fingerprint density at radius 1 is 1.12 bits per heavy atom. The third kappa shape index (κ3) is 5.56. The van der Waals surface area contributed by atoms with Gasteiger partial charge in [0.2, 0.25) is 10.0 Å². The van der Waals surface area contributed by atoms with Gasteiger partial charge in [0.05, 0.1) is 24.2 Å². The second kappa shape index (κ2) is 10.6. The number of carbonyl (C=O) groups excluding carboxylic acids is 1. The van der Waals surface area contributed by atoms with Crippen molar-refractivity contribution in [1.82, 2.24) is 14.5 Å². The molecule has 1 aliphatic heterocycles. The van der Waals surface area contributed by atoms with Crippen molar-refractivity contribution in [2.45, 2.75) is 31.2 Å². The average Bonchev–Trinajstić information content (AvgIpc) is 2.80. The van der Waals surface area contributed by atoms with Gasteiger partial charge in [-0.25, -0.2) is 8.42 Å². The summed E-state index contributed by atoms with van der Waals surface area (Å²) in [5, 5.41) is 2.98. The highest BCUT2D eigenvalue weighted by atomic mass is 32.2. The van der Waals surface area contributed by atoms with Gasteiger partial charge >= 0.3 is 0 Å². The lowest BCUT2D eigenvalue weighted by Gasteiger charge is -2.27. The van der Waals surface area contributed by atoms with Gasteiger partial charge in [-0.2, -0.15) is 4.31 Å². The van der Waals surface area contributed by atoms with Gasteiger partial charge in [-0.05, 0) is 50.7 Å². The topological polar surface area (TPSA) is 79.0 Å². The molecule has 2 aromatic carbocycles. The Kier molecular flexibility index (Phi) is 8.05. The summed E-state index contributed by atoms with van der Waals surface area (Å²) >= 11 is 0. The number of hydrogen-bond acceptors (Lipinski definition) is 5. The summed E-state index contributed by atoms with van der Waals surface area (Å²) in [6.45, 7) is 5.77. The molecule has 2 aromatic rings. The van der Waals surface area contributed by atoms with E-state index in [-0.39, 0.29) is 16.8 Å². The lowest BCUT2D eigenvalue weighted by Crippen LogP contribution is -2.41. The van der Waals surface area contributed by atoms with E-state index < -0.39 is 10.0 Å². The molecule has 1 saturated heterocycles. The van der Waals surface area contributed by atoms with Crippen LogP contribution in [0.1, 0.15) is 40.0 Å². The summed E-state index contributed by atoms with van der Waals surface area (Å²) in [4.78, 5) is 15.2. The summed E-state index contributed by atoms with van der Waals surface area (Å²) in [5.74, 6) is -0.287. The molecule has 0 spiro atoms. The van der Waals surface area contributed by atoms with Gasteiger partial charge in [-0.3, -0.25) is 4.79 Å². The van der Waals surface area contributed by atoms with E-state index in [2.05, 4.69) is 34.5 Å². The minimum absolute atomic E-state index is 0.00557. The van der Waals surface area contributed by atoms with Crippen LogP contribution >= 0.6 is 0 Å². The number of sulfonamides is 1. The van der Waals surface area contributed by atoms with Gasteiger partial charge in [0, 0.05) is 25.2 Å². The first-order valence-corrected chi connectivity index (χ1v) is 12.4. The molecule has 32 heavy (non-hydrogen) atoms. The zero-order valence-corrected chi connectivity index (χ0v) is 20.1. The van der Waals surface area contributed by atoms with Crippen LogP contribution in [0.15, 0.2) is 47.4 Å². The van der Waals surface area contributed by atoms with E-state index in [0.29, 0.717) is 50.4 Å². The number of morpholine rings is 1. The van der Waals surface area contributed by atoms with E-state index in [4.69, 9.17) is 4.74 Å². The Bertz CT molecular complexity index is 1030. The maximum Gasteiger partial charge on any atom is 0.251 e. The molecule has 0 aromatic heterocycles. The van der Waals surface area contributed by atoms with Crippen molar-refractivity contribution in [2.24, 2.45) is 0 Å². The maximum atomic E-state index is 13.2. The minimum atomic E-state index is -3.69. The van der Waals surface area contributed by atoms with Crippen molar-refractivity contribution in [2.75, 3.05) is 46.9 Å². The van der Waals surface area contributed by atoms with Crippen LogP contribution in [0.25, 0.3) is 0 Å². The molecule has 1 unspecified atom stereocenters. The molecule has 174 valence electrons. The summed E-state index contributed by atoms with van der Waals surface area (Å²) < 4.78 is 33.2. The zero-order chi connectivity index (χ0) is 23.3. The Hall–Kier alpha value is -2.26. The van der Waals surface area contributed by atoms with Crippen molar-refractivity contribution in [3.05, 3.63) is 64.7 Å². The van der Waals surface area contributed by atoms with Crippen LogP contribution in [0.4, 0.5) is 0 Å². The molecule has 0 aliphatic carbocycles. The van der Waals surface area contributed by atoms with Crippen LogP contribution in [-0.2, 0) is 21.2 Å². The van der Waals surface area contributed by atoms with E-state index in [1.54, 1.807) is 12.1 Å². The number of ether oxygens (including phenoxy) is 1. The van der Waals surface area contributed by atoms with Crippen molar-refractivity contribution in [1.29, 1.82) is 0 Å². The number of likely N-dealkylation sites (N-methyl/N-ethyl adjacent to an activating group) is 1. The number of rotatable bonds is 8. The molecule has 0 saturated carbocycles. The highest BCUT2D eigenvalue weighted by molar-refractivity contribution is 7.89. The van der Waals surface area contributed by atoms with Crippen LogP contribution in [-0.4, -0.2) is 70.5 Å². The third-order valence-electron chi connectivity index (χ3n) is 5.84. The largest absolute Gasteiger partial charge is 0.379 e. The summed E-state index contributed by atoms with van der Waals surface area (Å²) in [6, 6.07) is 13.2. The zero-order valence-electron chi connectivity index (χ0n) is 19.3. The number of carbonyl (C=O) groups is 1.